The van der Waals surface area contributed by atoms with Gasteiger partial charge in [0.15, 0.2) is 6.10 Å². The van der Waals surface area contributed by atoms with Crippen LogP contribution in [0.4, 0.5) is 0 Å². The zero-order valence-corrected chi connectivity index (χ0v) is 55.2. The molecule has 0 aromatic carbocycles. The number of carbonyl (C=O) groups excluding carboxylic acids is 3. The molecule has 0 aromatic rings. The Kier molecular flexibility index (Phi) is 68.2. The number of unbranched alkanes of at least 4 members (excludes halogenated alkanes) is 41. The van der Waals surface area contributed by atoms with E-state index < -0.39 is 6.10 Å². The summed E-state index contributed by atoms with van der Waals surface area (Å²) in [4.78, 5) is 38.1. The quantitative estimate of drug-likeness (QED) is 0.0261. The highest BCUT2D eigenvalue weighted by Gasteiger charge is 2.19. The van der Waals surface area contributed by atoms with E-state index in [9.17, 15) is 14.4 Å². The van der Waals surface area contributed by atoms with E-state index in [-0.39, 0.29) is 37.5 Å². The van der Waals surface area contributed by atoms with Crippen LogP contribution >= 0.6 is 0 Å². The molecular formula is C77H136O6. The van der Waals surface area contributed by atoms with Crippen LogP contribution in [0.1, 0.15) is 367 Å². The predicted molar refractivity (Wildman–Crippen MR) is 362 cm³/mol. The lowest BCUT2D eigenvalue weighted by Crippen LogP contribution is -2.30. The summed E-state index contributed by atoms with van der Waals surface area (Å²) in [6.07, 6.45) is 95.4. The molecule has 0 radical (unpaired) electrons. The molecule has 0 saturated carbocycles. The van der Waals surface area contributed by atoms with Crippen LogP contribution in [0.5, 0.6) is 0 Å². The van der Waals surface area contributed by atoms with Gasteiger partial charge in [-0.1, -0.05) is 363 Å². The molecule has 83 heavy (non-hydrogen) atoms. The third-order valence-corrected chi connectivity index (χ3v) is 15.9. The Labute approximate surface area is 515 Å². The Bertz CT molecular complexity index is 1570. The molecule has 6 nitrogen and oxygen atoms in total. The Balaban J connectivity index is 4.04. The molecule has 0 aliphatic heterocycles. The molecule has 0 aliphatic rings. The lowest BCUT2D eigenvalue weighted by molar-refractivity contribution is -0.167. The Morgan fingerprint density at radius 3 is 0.723 bits per heavy atom. The third kappa shape index (κ3) is 69.3. The van der Waals surface area contributed by atoms with E-state index in [0.717, 1.165) is 89.9 Å². The first-order valence-corrected chi connectivity index (χ1v) is 36.1. The van der Waals surface area contributed by atoms with Gasteiger partial charge in [-0.2, -0.15) is 0 Å². The van der Waals surface area contributed by atoms with Crippen LogP contribution in [0.2, 0.25) is 0 Å². The lowest BCUT2D eigenvalue weighted by Gasteiger charge is -2.18. The average molecular weight is 1160 g/mol. The van der Waals surface area contributed by atoms with E-state index in [2.05, 4.69) is 106 Å². The van der Waals surface area contributed by atoms with Gasteiger partial charge in [0.25, 0.3) is 0 Å². The van der Waals surface area contributed by atoms with Crippen LogP contribution in [0.15, 0.2) is 85.1 Å². The largest absolute Gasteiger partial charge is 0.462 e. The molecule has 0 aliphatic carbocycles. The summed E-state index contributed by atoms with van der Waals surface area (Å²) < 4.78 is 16.8. The van der Waals surface area contributed by atoms with Crippen molar-refractivity contribution < 1.29 is 28.6 Å². The van der Waals surface area contributed by atoms with Crippen molar-refractivity contribution in [1.29, 1.82) is 0 Å². The van der Waals surface area contributed by atoms with Gasteiger partial charge in [0, 0.05) is 19.3 Å². The summed E-state index contributed by atoms with van der Waals surface area (Å²) in [6.45, 7) is 6.48. The topological polar surface area (TPSA) is 78.9 Å². The van der Waals surface area contributed by atoms with Crippen molar-refractivity contribution >= 4 is 17.9 Å². The smallest absolute Gasteiger partial charge is 0.306 e. The molecule has 0 aromatic heterocycles. The van der Waals surface area contributed by atoms with Crippen LogP contribution in [-0.2, 0) is 28.6 Å². The molecule has 0 N–H and O–H groups in total. The highest BCUT2D eigenvalue weighted by atomic mass is 16.6. The van der Waals surface area contributed by atoms with Crippen LogP contribution in [-0.4, -0.2) is 37.2 Å². The van der Waals surface area contributed by atoms with Crippen molar-refractivity contribution in [3.63, 3.8) is 0 Å². The van der Waals surface area contributed by atoms with E-state index in [0.29, 0.717) is 19.3 Å². The second-order valence-corrected chi connectivity index (χ2v) is 24.1. The molecule has 0 rings (SSSR count). The van der Waals surface area contributed by atoms with Gasteiger partial charge in [-0.15, -0.1) is 0 Å². The maximum atomic E-state index is 12.9. The number of carbonyl (C=O) groups is 3. The zero-order valence-electron chi connectivity index (χ0n) is 55.2. The van der Waals surface area contributed by atoms with E-state index in [1.165, 1.54) is 231 Å². The van der Waals surface area contributed by atoms with Gasteiger partial charge in [-0.3, -0.25) is 14.4 Å². The van der Waals surface area contributed by atoms with Crippen molar-refractivity contribution in [3.8, 4) is 0 Å². The van der Waals surface area contributed by atoms with Crippen LogP contribution in [0, 0.1) is 0 Å². The van der Waals surface area contributed by atoms with E-state index >= 15 is 0 Å². The second kappa shape index (κ2) is 71.1. The highest BCUT2D eigenvalue weighted by molar-refractivity contribution is 5.71. The number of allylic oxidation sites excluding steroid dienone is 14. The molecule has 0 saturated heterocycles. The van der Waals surface area contributed by atoms with Crippen molar-refractivity contribution in [1.82, 2.24) is 0 Å². The first kappa shape index (κ1) is 79.6. The summed E-state index contributed by atoms with van der Waals surface area (Å²) in [6, 6.07) is 0. The Morgan fingerprint density at radius 1 is 0.253 bits per heavy atom. The number of ether oxygens (including phenoxy) is 3. The van der Waals surface area contributed by atoms with Gasteiger partial charge < -0.3 is 14.2 Å². The van der Waals surface area contributed by atoms with E-state index in [1.54, 1.807) is 0 Å². The zero-order chi connectivity index (χ0) is 59.9. The van der Waals surface area contributed by atoms with Crippen LogP contribution < -0.4 is 0 Å². The minimum atomic E-state index is -0.805. The van der Waals surface area contributed by atoms with Gasteiger partial charge in [0.2, 0.25) is 0 Å². The molecule has 480 valence electrons. The van der Waals surface area contributed by atoms with Gasteiger partial charge in [0.05, 0.1) is 0 Å². The fourth-order valence-electron chi connectivity index (χ4n) is 10.6. The van der Waals surface area contributed by atoms with E-state index in [4.69, 9.17) is 14.2 Å². The fraction of sp³-hybridized carbons (Fsp3) is 0.779. The minimum absolute atomic E-state index is 0.0964. The summed E-state index contributed by atoms with van der Waals surface area (Å²) in [7, 11) is 0. The molecule has 0 amide bonds. The van der Waals surface area contributed by atoms with Crippen molar-refractivity contribution in [2.45, 2.75) is 374 Å². The normalized spacial score (nSPS) is 12.6. The van der Waals surface area contributed by atoms with E-state index in [1.807, 2.05) is 0 Å². The molecule has 0 spiro atoms. The third-order valence-electron chi connectivity index (χ3n) is 15.9. The van der Waals surface area contributed by atoms with Crippen LogP contribution in [0.25, 0.3) is 0 Å². The molecular weight excluding hydrogens is 1020 g/mol. The summed E-state index contributed by atoms with van der Waals surface area (Å²) >= 11 is 0. The van der Waals surface area contributed by atoms with Gasteiger partial charge in [-0.25, -0.2) is 0 Å². The van der Waals surface area contributed by atoms with Gasteiger partial charge in [-0.05, 0) is 70.6 Å². The first-order valence-electron chi connectivity index (χ1n) is 36.1. The number of hydrogen-bond acceptors (Lipinski definition) is 6. The summed E-state index contributed by atoms with van der Waals surface area (Å²) in [5.74, 6) is -0.950. The monoisotopic (exact) mass is 1160 g/mol. The minimum Gasteiger partial charge on any atom is -0.462 e. The highest BCUT2D eigenvalue weighted by Crippen LogP contribution is 2.18. The standard InChI is InChI=1S/C77H136O6/c1-4-7-10-13-16-18-20-22-24-26-28-30-32-33-34-35-36-37-38-39-40-41-42-43-45-46-48-50-52-54-56-58-61-64-67-70-76(79)82-73-74(72-81-75(78)69-66-63-60-15-12-9-6-3)83-77(80)71-68-65-62-59-57-55-53-51-49-47-44-31-29-27-25-23-21-19-17-14-11-8-5-2/h8,11,17,19,23,25,29,31,47,49,53,55,59,62,74H,4-7,9-10,12-16,18,20-22,24,26-28,30,32-46,48,50-52,54,56-58,60-61,63-73H2,1-3H3/b11-8-,19-17-,25-23-,31-29-,49-47-,55-53-,62-59-. The average Bonchev–Trinajstić information content (AvgIpc) is 3.50. The Hall–Kier alpha value is -3.41. The fourth-order valence-corrected chi connectivity index (χ4v) is 10.6. The van der Waals surface area contributed by atoms with Gasteiger partial charge in [0.1, 0.15) is 13.2 Å². The number of hydrogen-bond donors (Lipinski definition) is 0. The molecule has 0 fully saturated rings. The van der Waals surface area contributed by atoms with Gasteiger partial charge >= 0.3 is 17.9 Å². The summed E-state index contributed by atoms with van der Waals surface area (Å²) in [5.41, 5.74) is 0. The predicted octanol–water partition coefficient (Wildman–Crippen LogP) is 25.0. The molecule has 1 atom stereocenters. The van der Waals surface area contributed by atoms with Crippen molar-refractivity contribution in [2.75, 3.05) is 13.2 Å². The maximum absolute atomic E-state index is 12.9. The lowest BCUT2D eigenvalue weighted by atomic mass is 10.0. The Morgan fingerprint density at radius 2 is 0.470 bits per heavy atom. The van der Waals surface area contributed by atoms with Crippen LogP contribution in [0.3, 0.4) is 0 Å². The SMILES string of the molecule is CC/C=C\C/C=C\C/C=C\C/C=C\C/C=C\C/C=C\C/C=C\CCCC(=O)OC(COC(=O)CCCCCCCCC)COC(=O)CCCCCCCCCCCCCCCCCCCCCCCCCCCCCCCCCCCCC. The molecule has 1 unspecified atom stereocenters. The van der Waals surface area contributed by atoms with Crippen molar-refractivity contribution in [2.24, 2.45) is 0 Å². The number of esters is 3. The van der Waals surface area contributed by atoms with Crippen molar-refractivity contribution in [3.05, 3.63) is 85.1 Å². The first-order chi connectivity index (χ1) is 41.0. The molecule has 6 heteroatoms. The molecule has 0 heterocycles. The number of rotatable bonds is 66. The second-order valence-electron chi connectivity index (χ2n) is 24.1. The molecule has 0 bridgehead atoms. The maximum Gasteiger partial charge on any atom is 0.306 e. The summed E-state index contributed by atoms with van der Waals surface area (Å²) in [5, 5.41) is 0.